The number of hydrogen-bond donors (Lipinski definition) is 0. The molecule has 212 valence electrons. The quantitative estimate of drug-likeness (QED) is 0.203. The van der Waals surface area contributed by atoms with Gasteiger partial charge in [-0.25, -0.2) is 9.97 Å². The second kappa shape index (κ2) is 8.65. The van der Waals surface area contributed by atoms with Gasteiger partial charge in [0.2, 0.25) is 5.95 Å². The maximum Gasteiger partial charge on any atom is 0.237 e. The van der Waals surface area contributed by atoms with Gasteiger partial charge in [0.15, 0.2) is 5.65 Å². The molecule has 0 fully saturated rings. The number of para-hydroxylation sites is 2. The fourth-order valence-electron chi connectivity index (χ4n) is 7.76. The van der Waals surface area contributed by atoms with Gasteiger partial charge in [-0.05, 0) is 53.2 Å². The van der Waals surface area contributed by atoms with Gasteiger partial charge in [-0.3, -0.25) is 4.57 Å². The first kappa shape index (κ1) is 24.0. The van der Waals surface area contributed by atoms with E-state index in [0.29, 0.717) is 11.6 Å². The van der Waals surface area contributed by atoms with E-state index in [1.165, 1.54) is 59.6 Å². The van der Waals surface area contributed by atoms with Crippen LogP contribution in [0.15, 0.2) is 140 Å². The number of aromatic nitrogens is 5. The summed E-state index contributed by atoms with van der Waals surface area (Å²) >= 11 is 0. The first-order valence-electron chi connectivity index (χ1n) is 15.5. The number of benzene rings is 6. The monoisotopic (exact) mass is 585 g/mol. The van der Waals surface area contributed by atoms with Crippen LogP contribution in [0.5, 0.6) is 0 Å². The Kier molecular flexibility index (Phi) is 4.52. The molecule has 0 saturated carbocycles. The van der Waals surface area contributed by atoms with Crippen molar-refractivity contribution in [2.45, 2.75) is 0 Å². The number of hydrogen-bond acceptors (Lipinski definition) is 3. The molecule has 0 saturated heterocycles. The molecule has 0 aliphatic rings. The summed E-state index contributed by atoms with van der Waals surface area (Å²) in [5, 5.41) is 10.6. The lowest BCUT2D eigenvalue weighted by Crippen LogP contribution is -2.04. The Labute approximate surface area is 261 Å². The predicted octanol–water partition coefficient (Wildman–Crippen LogP) is 10.1. The van der Waals surface area contributed by atoms with Crippen molar-refractivity contribution in [3.05, 3.63) is 140 Å². The minimum Gasteiger partial charge on any atom is -0.308 e. The first-order valence-corrected chi connectivity index (χ1v) is 15.5. The van der Waals surface area contributed by atoms with E-state index in [1.54, 1.807) is 0 Å². The highest BCUT2D eigenvalue weighted by Crippen LogP contribution is 2.46. The predicted molar refractivity (Wildman–Crippen MR) is 189 cm³/mol. The molecule has 5 nitrogen and oxygen atoms in total. The van der Waals surface area contributed by atoms with Crippen LogP contribution in [0.3, 0.4) is 0 Å². The van der Waals surface area contributed by atoms with Crippen LogP contribution in [0.1, 0.15) is 0 Å². The molecule has 11 rings (SSSR count). The molecule has 0 amide bonds. The Morgan fingerprint density at radius 2 is 1.13 bits per heavy atom. The average molecular weight is 586 g/mol. The van der Waals surface area contributed by atoms with Crippen LogP contribution in [-0.4, -0.2) is 23.9 Å². The van der Waals surface area contributed by atoms with E-state index in [2.05, 4.69) is 130 Å². The van der Waals surface area contributed by atoms with E-state index in [1.807, 2.05) is 18.3 Å². The second-order valence-corrected chi connectivity index (χ2v) is 12.1. The van der Waals surface area contributed by atoms with Gasteiger partial charge in [-0.1, -0.05) is 91.0 Å². The number of fused-ring (bicyclic) bond motifs is 12. The van der Waals surface area contributed by atoms with E-state index < -0.39 is 0 Å². The maximum atomic E-state index is 5.37. The van der Waals surface area contributed by atoms with Crippen LogP contribution in [-0.2, 0) is 0 Å². The molecular weight excluding hydrogens is 562 g/mol. The maximum absolute atomic E-state index is 5.37. The molecule has 5 aromatic heterocycles. The summed E-state index contributed by atoms with van der Waals surface area (Å²) in [5.41, 5.74) is 8.41. The van der Waals surface area contributed by atoms with Gasteiger partial charge in [0.1, 0.15) is 0 Å². The lowest BCUT2D eigenvalue weighted by atomic mass is 10.0. The second-order valence-electron chi connectivity index (χ2n) is 12.1. The smallest absolute Gasteiger partial charge is 0.237 e. The van der Waals surface area contributed by atoms with Gasteiger partial charge in [0.25, 0.3) is 0 Å². The molecule has 0 unspecified atom stereocenters. The average Bonchev–Trinajstić information content (AvgIpc) is 3.75. The first-order chi connectivity index (χ1) is 22.8. The van der Waals surface area contributed by atoms with Crippen molar-refractivity contribution in [3.8, 4) is 17.2 Å². The zero-order chi connectivity index (χ0) is 29.9. The Morgan fingerprint density at radius 1 is 0.457 bits per heavy atom. The molecule has 11 aromatic rings. The lowest BCUT2D eigenvalue weighted by Gasteiger charge is -2.12. The number of nitrogens with zero attached hydrogens (tertiary/aromatic N) is 5. The van der Waals surface area contributed by atoms with Crippen LogP contribution >= 0.6 is 0 Å². The van der Waals surface area contributed by atoms with Crippen LogP contribution < -0.4 is 0 Å². The van der Waals surface area contributed by atoms with Gasteiger partial charge >= 0.3 is 0 Å². The number of rotatable bonds is 2. The Balaban J connectivity index is 1.42. The Morgan fingerprint density at radius 3 is 1.98 bits per heavy atom. The third-order valence-corrected chi connectivity index (χ3v) is 9.67. The third kappa shape index (κ3) is 3.01. The summed E-state index contributed by atoms with van der Waals surface area (Å²) in [4.78, 5) is 15.3. The van der Waals surface area contributed by atoms with Gasteiger partial charge in [-0.2, -0.15) is 4.98 Å². The van der Waals surface area contributed by atoms with E-state index in [-0.39, 0.29) is 0 Å². The van der Waals surface area contributed by atoms with E-state index in [9.17, 15) is 0 Å². The van der Waals surface area contributed by atoms with Gasteiger partial charge < -0.3 is 4.40 Å². The summed E-state index contributed by atoms with van der Waals surface area (Å²) in [6.07, 6.45) is 1.81. The summed E-state index contributed by atoms with van der Waals surface area (Å²) < 4.78 is 4.72. The summed E-state index contributed by atoms with van der Waals surface area (Å²) in [5.74, 6) is 0.614. The van der Waals surface area contributed by atoms with Crippen molar-refractivity contribution in [2.75, 3.05) is 0 Å². The Hall–Kier alpha value is -6.33. The summed E-state index contributed by atoms with van der Waals surface area (Å²) in [6.45, 7) is 0. The zero-order valence-corrected chi connectivity index (χ0v) is 24.5. The third-order valence-electron chi connectivity index (χ3n) is 9.67. The SMILES string of the molecule is c1ccc(-c2nc(-n3c4cc5ccccc5cc4c4cc5c6ccccc6n6c7ccccc7c(c43)c56)nc3ncccc23)cc1. The molecule has 0 atom stereocenters. The van der Waals surface area contributed by atoms with Crippen molar-refractivity contribution < 1.29 is 0 Å². The van der Waals surface area contributed by atoms with Gasteiger partial charge in [0, 0.05) is 49.5 Å². The van der Waals surface area contributed by atoms with Crippen LogP contribution in [0, 0.1) is 0 Å². The van der Waals surface area contributed by atoms with Crippen molar-refractivity contribution in [2.24, 2.45) is 0 Å². The molecule has 0 spiro atoms. The standard InChI is InChI=1S/C41H23N5/c1-2-11-24(12-3-1)37-29-17-10-20-42-40(29)44-41(43-37)46-35-22-26-14-5-4-13-25(26)21-30(35)32-23-31-27-15-6-8-18-33(27)45-34-19-9-7-16-28(34)36(38(31)45)39(32)46/h1-23H. The lowest BCUT2D eigenvalue weighted by molar-refractivity contribution is 1.01. The topological polar surface area (TPSA) is 48.0 Å². The van der Waals surface area contributed by atoms with Gasteiger partial charge in [-0.15, -0.1) is 0 Å². The Bertz CT molecular complexity index is 3020. The van der Waals surface area contributed by atoms with Crippen molar-refractivity contribution in [1.29, 1.82) is 0 Å². The summed E-state index contributed by atoms with van der Waals surface area (Å²) in [6, 6.07) is 47.5. The van der Waals surface area contributed by atoms with Crippen LogP contribution in [0.25, 0.3) is 98.9 Å². The molecular formula is C41H23N5. The molecule has 5 heterocycles. The van der Waals surface area contributed by atoms with E-state index in [4.69, 9.17) is 15.0 Å². The molecule has 46 heavy (non-hydrogen) atoms. The molecule has 0 bridgehead atoms. The highest BCUT2D eigenvalue weighted by molar-refractivity contribution is 6.34. The van der Waals surface area contributed by atoms with Crippen molar-refractivity contribution in [3.63, 3.8) is 0 Å². The molecule has 6 aromatic carbocycles. The fourth-order valence-corrected chi connectivity index (χ4v) is 7.76. The largest absolute Gasteiger partial charge is 0.308 e. The number of pyridine rings is 1. The van der Waals surface area contributed by atoms with E-state index >= 15 is 0 Å². The van der Waals surface area contributed by atoms with E-state index in [0.717, 1.165) is 27.7 Å². The molecule has 0 N–H and O–H groups in total. The highest BCUT2D eigenvalue weighted by atomic mass is 15.2. The normalized spacial score (nSPS) is 12.3. The molecule has 0 radical (unpaired) electrons. The van der Waals surface area contributed by atoms with Crippen LogP contribution in [0.2, 0.25) is 0 Å². The molecule has 0 aliphatic carbocycles. The van der Waals surface area contributed by atoms with Gasteiger partial charge in [0.05, 0.1) is 33.3 Å². The van der Waals surface area contributed by atoms with Crippen molar-refractivity contribution >= 4 is 81.7 Å². The molecule has 5 heteroatoms. The van der Waals surface area contributed by atoms with Crippen LogP contribution in [0.4, 0.5) is 0 Å². The fraction of sp³-hybridized carbons (Fsp3) is 0. The molecule has 0 aliphatic heterocycles. The zero-order valence-electron chi connectivity index (χ0n) is 24.5. The summed E-state index contributed by atoms with van der Waals surface area (Å²) in [7, 11) is 0. The minimum absolute atomic E-state index is 0.614. The van der Waals surface area contributed by atoms with Crippen molar-refractivity contribution in [1.82, 2.24) is 23.9 Å². The minimum atomic E-state index is 0.614. The highest BCUT2D eigenvalue weighted by Gasteiger charge is 2.25.